The van der Waals surface area contributed by atoms with E-state index in [4.69, 9.17) is 4.74 Å². The third kappa shape index (κ3) is 5.31. The van der Waals surface area contributed by atoms with Gasteiger partial charge in [-0.25, -0.2) is 18.4 Å². The number of rotatable bonds is 6. The van der Waals surface area contributed by atoms with Crippen LogP contribution in [0.25, 0.3) is 11.3 Å². The second kappa shape index (κ2) is 9.19. The number of piperidine rings is 1. The van der Waals surface area contributed by atoms with E-state index in [1.54, 1.807) is 36.8 Å². The average molecular weight is 467 g/mol. The molecule has 0 aliphatic carbocycles. The summed E-state index contributed by atoms with van der Waals surface area (Å²) in [6.45, 7) is 7.36. The summed E-state index contributed by atoms with van der Waals surface area (Å²) in [5, 5.41) is 0. The number of pyridine rings is 1. The van der Waals surface area contributed by atoms with Gasteiger partial charge in [0.2, 0.25) is 5.95 Å². The number of sulfone groups is 1. The summed E-state index contributed by atoms with van der Waals surface area (Å²) in [4.78, 5) is 23.8. The van der Waals surface area contributed by atoms with Crippen molar-refractivity contribution in [1.29, 1.82) is 0 Å². The first kappa shape index (κ1) is 22.7. The Kier molecular flexibility index (Phi) is 6.33. The summed E-state index contributed by atoms with van der Waals surface area (Å²) in [7, 11) is -3.28. The minimum Gasteiger partial charge on any atom is -0.490 e. The molecule has 8 nitrogen and oxygen atoms in total. The smallest absolute Gasteiger partial charge is 0.258 e. The molecule has 3 heterocycles. The van der Waals surface area contributed by atoms with Gasteiger partial charge in [0.05, 0.1) is 4.90 Å². The molecule has 33 heavy (non-hydrogen) atoms. The van der Waals surface area contributed by atoms with Gasteiger partial charge in [0.15, 0.2) is 9.84 Å². The first-order chi connectivity index (χ1) is 15.7. The summed E-state index contributed by atoms with van der Waals surface area (Å²) < 4.78 is 30.7. The zero-order chi connectivity index (χ0) is 23.6. The molecule has 1 saturated heterocycles. The Labute approximate surface area is 193 Å². The van der Waals surface area contributed by atoms with Crippen LogP contribution in [0.2, 0.25) is 0 Å². The highest BCUT2D eigenvalue weighted by Gasteiger charge is 2.22. The maximum atomic E-state index is 12.6. The van der Waals surface area contributed by atoms with Gasteiger partial charge in [0, 0.05) is 68.1 Å². The number of ether oxygens (including phenoxy) is 1. The number of hydrogen-bond acceptors (Lipinski definition) is 7. The van der Waals surface area contributed by atoms with E-state index < -0.39 is 9.84 Å². The molecule has 0 atom stereocenters. The van der Waals surface area contributed by atoms with Crippen LogP contribution in [0.4, 0.5) is 5.95 Å². The lowest BCUT2D eigenvalue weighted by Gasteiger charge is -2.32. The van der Waals surface area contributed by atoms with Gasteiger partial charge in [0.1, 0.15) is 11.9 Å². The molecule has 0 N–H and O–H groups in total. The van der Waals surface area contributed by atoms with Gasteiger partial charge in [-0.2, -0.15) is 0 Å². The zero-order valence-electron chi connectivity index (χ0n) is 18.6. The van der Waals surface area contributed by atoms with Gasteiger partial charge in [-0.1, -0.05) is 6.58 Å². The molecule has 0 unspecified atom stereocenters. The van der Waals surface area contributed by atoms with Gasteiger partial charge < -0.3 is 9.64 Å². The summed E-state index contributed by atoms with van der Waals surface area (Å²) in [5.41, 5.74) is 2.20. The van der Waals surface area contributed by atoms with Crippen molar-refractivity contribution in [2.75, 3.05) is 24.2 Å². The number of hydrogen-bond donors (Lipinski definition) is 0. The van der Waals surface area contributed by atoms with Crippen molar-refractivity contribution >= 4 is 21.4 Å². The van der Waals surface area contributed by atoms with E-state index in [1.807, 2.05) is 6.92 Å². The maximum Gasteiger partial charge on any atom is 0.258 e. The molecule has 0 radical (unpaired) electrons. The summed E-state index contributed by atoms with van der Waals surface area (Å²) >= 11 is 0. The van der Waals surface area contributed by atoms with E-state index in [1.165, 1.54) is 22.8 Å². The third-order valence-corrected chi connectivity index (χ3v) is 6.72. The van der Waals surface area contributed by atoms with Gasteiger partial charge in [-0.3, -0.25) is 9.36 Å². The lowest BCUT2D eigenvalue weighted by atomic mass is 10.1. The van der Waals surface area contributed by atoms with Crippen molar-refractivity contribution in [1.82, 2.24) is 14.5 Å². The first-order valence-corrected chi connectivity index (χ1v) is 12.5. The Hall–Kier alpha value is -3.46. The second-order valence-electron chi connectivity index (χ2n) is 8.19. The van der Waals surface area contributed by atoms with Crippen LogP contribution in [0.15, 0.2) is 71.3 Å². The Bertz CT molecular complexity index is 1310. The van der Waals surface area contributed by atoms with Crippen molar-refractivity contribution in [3.05, 3.63) is 77.5 Å². The molecule has 1 fully saturated rings. The van der Waals surface area contributed by atoms with E-state index in [0.717, 1.165) is 43.3 Å². The zero-order valence-corrected chi connectivity index (χ0v) is 19.5. The molecule has 0 spiro atoms. The highest BCUT2D eigenvalue weighted by molar-refractivity contribution is 7.90. The molecule has 0 saturated carbocycles. The topological polar surface area (TPSA) is 94.4 Å². The fraction of sp³-hybridized carbons (Fsp3) is 0.292. The largest absolute Gasteiger partial charge is 0.490 e. The van der Waals surface area contributed by atoms with E-state index in [9.17, 15) is 13.2 Å². The number of allylic oxidation sites excluding steroid dienone is 1. The van der Waals surface area contributed by atoms with Gasteiger partial charge in [-0.05, 0) is 42.8 Å². The van der Waals surface area contributed by atoms with Crippen LogP contribution in [0.5, 0.6) is 5.75 Å². The lowest BCUT2D eigenvalue weighted by Crippen LogP contribution is -2.39. The quantitative estimate of drug-likeness (QED) is 0.551. The van der Waals surface area contributed by atoms with Crippen LogP contribution < -0.4 is 15.2 Å². The summed E-state index contributed by atoms with van der Waals surface area (Å²) in [6, 6.07) is 9.41. The number of benzene rings is 1. The van der Waals surface area contributed by atoms with Crippen LogP contribution >= 0.6 is 0 Å². The van der Waals surface area contributed by atoms with Gasteiger partial charge in [0.25, 0.3) is 5.56 Å². The van der Waals surface area contributed by atoms with Crippen molar-refractivity contribution < 1.29 is 13.2 Å². The Balaban J connectivity index is 1.38. The standard InChI is InChI=1S/C24H26N4O4S/c1-17(2)18-15-25-24(26-16-18)27-11-8-20(9-12-27)32-21-10-13-28(23(29)14-21)19-4-6-22(7-5-19)33(3,30)31/h4-7,10,13-16,20H,1,8-9,11-12H2,2-3H3. The lowest BCUT2D eigenvalue weighted by molar-refractivity contribution is 0.170. The van der Waals surface area contributed by atoms with Crippen molar-refractivity contribution in [2.45, 2.75) is 30.8 Å². The fourth-order valence-electron chi connectivity index (χ4n) is 3.67. The molecule has 2 aromatic heterocycles. The molecule has 1 aliphatic heterocycles. The average Bonchev–Trinajstić information content (AvgIpc) is 2.79. The minimum absolute atomic E-state index is 0.000220. The van der Waals surface area contributed by atoms with E-state index in [-0.39, 0.29) is 16.6 Å². The molecule has 0 bridgehead atoms. The predicted octanol–water partition coefficient (Wildman–Crippen LogP) is 3.11. The summed E-state index contributed by atoms with van der Waals surface area (Å²) in [5.74, 6) is 1.22. The Morgan fingerprint density at radius 3 is 2.27 bits per heavy atom. The summed E-state index contributed by atoms with van der Waals surface area (Å²) in [6.07, 6.45) is 7.95. The van der Waals surface area contributed by atoms with Crippen LogP contribution in [0, 0.1) is 0 Å². The van der Waals surface area contributed by atoms with Gasteiger partial charge in [-0.15, -0.1) is 0 Å². The molecule has 1 aliphatic rings. The minimum atomic E-state index is -3.28. The third-order valence-electron chi connectivity index (χ3n) is 5.59. The maximum absolute atomic E-state index is 12.6. The molecule has 9 heteroatoms. The van der Waals surface area contributed by atoms with Gasteiger partial charge >= 0.3 is 0 Å². The molecule has 1 aromatic carbocycles. The van der Waals surface area contributed by atoms with Crippen LogP contribution in [0.1, 0.15) is 25.3 Å². The first-order valence-electron chi connectivity index (χ1n) is 10.6. The van der Waals surface area contributed by atoms with E-state index >= 15 is 0 Å². The van der Waals surface area contributed by atoms with E-state index in [2.05, 4.69) is 21.4 Å². The second-order valence-corrected chi connectivity index (χ2v) is 10.2. The number of aromatic nitrogens is 3. The Morgan fingerprint density at radius 1 is 1.09 bits per heavy atom. The predicted molar refractivity (Wildman–Crippen MR) is 128 cm³/mol. The SMILES string of the molecule is C=C(C)c1cnc(N2CCC(Oc3ccn(-c4ccc(S(C)(=O)=O)cc4)c(=O)c3)CC2)nc1. The highest BCUT2D eigenvalue weighted by atomic mass is 32.2. The van der Waals surface area contributed by atoms with Crippen LogP contribution in [0.3, 0.4) is 0 Å². The van der Waals surface area contributed by atoms with Crippen molar-refractivity contribution in [3.8, 4) is 11.4 Å². The van der Waals surface area contributed by atoms with Crippen LogP contribution in [-0.4, -0.2) is 48.4 Å². The molecule has 0 amide bonds. The molecular weight excluding hydrogens is 440 g/mol. The molecule has 4 rings (SSSR count). The molecule has 172 valence electrons. The number of anilines is 1. The fourth-order valence-corrected chi connectivity index (χ4v) is 4.30. The van der Waals surface area contributed by atoms with Crippen LogP contribution in [-0.2, 0) is 9.84 Å². The Morgan fingerprint density at radius 2 is 1.73 bits per heavy atom. The highest BCUT2D eigenvalue weighted by Crippen LogP contribution is 2.21. The van der Waals surface area contributed by atoms with E-state index in [0.29, 0.717) is 17.4 Å². The van der Waals surface area contributed by atoms with Crippen molar-refractivity contribution in [2.24, 2.45) is 0 Å². The molecule has 3 aromatic rings. The monoisotopic (exact) mass is 466 g/mol. The number of nitrogens with zero attached hydrogens (tertiary/aromatic N) is 4. The van der Waals surface area contributed by atoms with Crippen molar-refractivity contribution in [3.63, 3.8) is 0 Å². The molecular formula is C24H26N4O4S. The normalized spacial score (nSPS) is 14.8.